The summed E-state index contributed by atoms with van der Waals surface area (Å²) >= 11 is 1.73. The number of rotatable bonds is 4. The lowest BCUT2D eigenvalue weighted by molar-refractivity contribution is 0.530. The summed E-state index contributed by atoms with van der Waals surface area (Å²) in [7, 11) is 0. The lowest BCUT2D eigenvalue weighted by Crippen LogP contribution is -1.99. The fourth-order valence-electron chi connectivity index (χ4n) is 1.29. The maximum atomic E-state index is 5.21. The van der Waals surface area contributed by atoms with E-state index in [1.54, 1.807) is 18.7 Å². The molecule has 0 saturated carbocycles. The second-order valence-corrected chi connectivity index (χ2v) is 4.21. The molecule has 1 aromatic carbocycles. The van der Waals surface area contributed by atoms with Gasteiger partial charge in [-0.1, -0.05) is 17.2 Å². The molecule has 0 spiro atoms. The van der Waals surface area contributed by atoms with E-state index in [1.807, 2.05) is 0 Å². The van der Waals surface area contributed by atoms with Crippen LogP contribution in [0.25, 0.3) is 0 Å². The van der Waals surface area contributed by atoms with Crippen molar-refractivity contribution in [1.82, 2.24) is 10.2 Å². The molecule has 0 fully saturated rings. The zero-order valence-corrected chi connectivity index (χ0v) is 10.0. The largest absolute Gasteiger partial charge is 0.408 e. The van der Waals surface area contributed by atoms with Gasteiger partial charge < -0.3 is 9.73 Å². The summed E-state index contributed by atoms with van der Waals surface area (Å²) in [4.78, 5) is 1.26. The van der Waals surface area contributed by atoms with Crippen molar-refractivity contribution < 1.29 is 4.42 Å². The molecular weight excluding hydrogens is 222 g/mol. The normalized spacial score (nSPS) is 10.4. The number of aromatic nitrogens is 2. The van der Waals surface area contributed by atoms with E-state index in [2.05, 4.69) is 46.0 Å². The maximum absolute atomic E-state index is 5.21. The van der Waals surface area contributed by atoms with Crippen molar-refractivity contribution in [3.05, 3.63) is 35.7 Å². The molecule has 84 valence electrons. The molecule has 4 nitrogen and oxygen atoms in total. The number of anilines is 1. The van der Waals surface area contributed by atoms with Gasteiger partial charge in [-0.05, 0) is 24.0 Å². The topological polar surface area (TPSA) is 51.0 Å². The molecule has 0 radical (unpaired) electrons. The maximum Gasteiger partial charge on any atom is 0.315 e. The number of nitrogens with one attached hydrogen (secondary N) is 1. The first-order chi connectivity index (χ1) is 7.78. The van der Waals surface area contributed by atoms with Gasteiger partial charge in [-0.15, -0.1) is 16.9 Å². The number of hydrogen-bond acceptors (Lipinski definition) is 5. The molecule has 16 heavy (non-hydrogen) atoms. The van der Waals surface area contributed by atoms with E-state index in [0.717, 1.165) is 0 Å². The summed E-state index contributed by atoms with van der Waals surface area (Å²) in [6, 6.07) is 8.83. The van der Waals surface area contributed by atoms with E-state index >= 15 is 0 Å². The van der Waals surface area contributed by atoms with Crippen molar-refractivity contribution in [2.24, 2.45) is 0 Å². The second-order valence-electron chi connectivity index (χ2n) is 3.33. The van der Waals surface area contributed by atoms with Gasteiger partial charge in [-0.2, -0.15) is 0 Å². The van der Waals surface area contributed by atoms with E-state index in [1.165, 1.54) is 10.5 Å². The van der Waals surface area contributed by atoms with Crippen LogP contribution in [0.4, 0.5) is 6.01 Å². The van der Waals surface area contributed by atoms with Crippen LogP contribution in [-0.2, 0) is 6.54 Å². The molecule has 2 rings (SSSR count). The first-order valence-corrected chi connectivity index (χ1v) is 6.17. The van der Waals surface area contributed by atoms with Crippen LogP contribution in [0.15, 0.2) is 33.6 Å². The molecule has 1 N–H and O–H groups in total. The zero-order valence-electron chi connectivity index (χ0n) is 9.23. The molecule has 1 aromatic heterocycles. The van der Waals surface area contributed by atoms with Gasteiger partial charge in [0.1, 0.15) is 0 Å². The molecule has 5 heteroatoms. The minimum absolute atomic E-state index is 0.464. The Morgan fingerprint density at radius 3 is 2.56 bits per heavy atom. The molecule has 0 unspecified atom stereocenters. The Morgan fingerprint density at radius 1 is 1.25 bits per heavy atom. The molecule has 0 aliphatic heterocycles. The summed E-state index contributed by atoms with van der Waals surface area (Å²) in [5.41, 5.74) is 1.19. The Morgan fingerprint density at radius 2 is 2.00 bits per heavy atom. The minimum atomic E-state index is 0.464. The molecule has 0 aliphatic rings. The smallest absolute Gasteiger partial charge is 0.315 e. The molecule has 2 aromatic rings. The number of hydrogen-bond donors (Lipinski definition) is 1. The number of nitrogens with zero attached hydrogens (tertiary/aromatic N) is 2. The summed E-state index contributed by atoms with van der Waals surface area (Å²) < 4.78 is 5.21. The summed E-state index contributed by atoms with van der Waals surface area (Å²) in [6.07, 6.45) is 2.06. The number of aryl methyl sites for hydroxylation is 1. The lowest BCUT2D eigenvalue weighted by atomic mass is 10.2. The third kappa shape index (κ3) is 2.76. The van der Waals surface area contributed by atoms with E-state index < -0.39 is 0 Å². The van der Waals surface area contributed by atoms with Crippen LogP contribution in [0.2, 0.25) is 0 Å². The van der Waals surface area contributed by atoms with Crippen molar-refractivity contribution in [2.45, 2.75) is 18.4 Å². The Hall–Kier alpha value is -1.49. The summed E-state index contributed by atoms with van der Waals surface area (Å²) in [5.74, 6) is 0.570. The third-order valence-electron chi connectivity index (χ3n) is 2.13. The molecular formula is C11H13N3OS. The van der Waals surface area contributed by atoms with Crippen LogP contribution in [0, 0.1) is 6.92 Å². The van der Waals surface area contributed by atoms with E-state index in [4.69, 9.17) is 4.42 Å². The van der Waals surface area contributed by atoms with Crippen molar-refractivity contribution in [1.29, 1.82) is 0 Å². The van der Waals surface area contributed by atoms with Gasteiger partial charge in [-0.3, -0.25) is 0 Å². The van der Waals surface area contributed by atoms with Gasteiger partial charge in [0.05, 0.1) is 0 Å². The van der Waals surface area contributed by atoms with Gasteiger partial charge in [0.2, 0.25) is 5.89 Å². The molecule has 1 heterocycles. The Balaban J connectivity index is 1.94. The van der Waals surface area contributed by atoms with Crippen LogP contribution in [-0.4, -0.2) is 16.5 Å². The first-order valence-electron chi connectivity index (χ1n) is 4.95. The Labute approximate surface area is 98.5 Å². The Bertz CT molecular complexity index is 453. The van der Waals surface area contributed by atoms with Crippen LogP contribution in [0.1, 0.15) is 11.5 Å². The van der Waals surface area contributed by atoms with Crippen LogP contribution < -0.4 is 5.32 Å². The molecule has 0 atom stereocenters. The fourth-order valence-corrected chi connectivity index (χ4v) is 1.70. The highest BCUT2D eigenvalue weighted by Gasteiger charge is 2.00. The van der Waals surface area contributed by atoms with Gasteiger partial charge in [-0.25, -0.2) is 0 Å². The predicted octanol–water partition coefficient (Wildman–Crippen LogP) is 2.71. The van der Waals surface area contributed by atoms with E-state index in [9.17, 15) is 0 Å². The fraction of sp³-hybridized carbons (Fsp3) is 0.273. The van der Waals surface area contributed by atoms with Gasteiger partial charge >= 0.3 is 6.01 Å². The number of thioether (sulfide) groups is 1. The van der Waals surface area contributed by atoms with Gasteiger partial charge in [0, 0.05) is 18.4 Å². The van der Waals surface area contributed by atoms with Gasteiger partial charge in [0.25, 0.3) is 0 Å². The lowest BCUT2D eigenvalue weighted by Gasteiger charge is -2.02. The molecule has 0 aliphatic carbocycles. The standard InChI is InChI=1S/C11H13N3OS/c1-8-13-14-11(15-8)12-7-9-3-5-10(16-2)6-4-9/h3-6H,7H2,1-2H3,(H,12,14). The highest BCUT2D eigenvalue weighted by Crippen LogP contribution is 2.15. The van der Waals surface area contributed by atoms with Gasteiger partial charge in [0.15, 0.2) is 0 Å². The molecule has 0 bridgehead atoms. The Kier molecular flexibility index (Phi) is 3.46. The predicted molar refractivity (Wildman–Crippen MR) is 64.6 cm³/mol. The van der Waals surface area contributed by atoms with Crippen molar-refractivity contribution in [2.75, 3.05) is 11.6 Å². The van der Waals surface area contributed by atoms with E-state index in [0.29, 0.717) is 18.5 Å². The first kappa shape index (κ1) is 11.0. The quantitative estimate of drug-likeness (QED) is 0.826. The second kappa shape index (κ2) is 5.03. The minimum Gasteiger partial charge on any atom is -0.408 e. The molecule has 0 saturated heterocycles. The van der Waals surface area contributed by atoms with Crippen LogP contribution in [0.3, 0.4) is 0 Å². The molecule has 0 amide bonds. The highest BCUT2D eigenvalue weighted by molar-refractivity contribution is 7.98. The third-order valence-corrected chi connectivity index (χ3v) is 2.87. The van der Waals surface area contributed by atoms with Crippen molar-refractivity contribution in [3.63, 3.8) is 0 Å². The monoisotopic (exact) mass is 235 g/mol. The summed E-state index contributed by atoms with van der Waals surface area (Å²) in [5, 5.41) is 10.7. The van der Waals surface area contributed by atoms with Crippen LogP contribution >= 0.6 is 11.8 Å². The average Bonchev–Trinajstić information content (AvgIpc) is 2.73. The highest BCUT2D eigenvalue weighted by atomic mass is 32.2. The van der Waals surface area contributed by atoms with Crippen molar-refractivity contribution >= 4 is 17.8 Å². The number of benzene rings is 1. The van der Waals surface area contributed by atoms with Crippen molar-refractivity contribution in [3.8, 4) is 0 Å². The zero-order chi connectivity index (χ0) is 11.4. The SMILES string of the molecule is CSc1ccc(CNc2nnc(C)o2)cc1. The van der Waals surface area contributed by atoms with Crippen LogP contribution in [0.5, 0.6) is 0 Å². The average molecular weight is 235 g/mol. The summed E-state index contributed by atoms with van der Waals surface area (Å²) in [6.45, 7) is 2.46. The van der Waals surface area contributed by atoms with E-state index in [-0.39, 0.29) is 0 Å².